The second kappa shape index (κ2) is 5.85. The molecule has 0 saturated heterocycles. The Labute approximate surface area is 114 Å². The van der Waals surface area contributed by atoms with Crippen molar-refractivity contribution in [1.29, 1.82) is 5.26 Å². The minimum atomic E-state index is -0.277. The number of nitriles is 1. The van der Waals surface area contributed by atoms with E-state index in [1.165, 1.54) is 5.56 Å². The van der Waals surface area contributed by atoms with Gasteiger partial charge in [0.1, 0.15) is 6.04 Å². The zero-order valence-corrected chi connectivity index (χ0v) is 11.4. The van der Waals surface area contributed by atoms with Gasteiger partial charge >= 0.3 is 0 Å². The van der Waals surface area contributed by atoms with Crippen molar-refractivity contribution in [3.05, 3.63) is 35.4 Å². The van der Waals surface area contributed by atoms with Crippen LogP contribution in [0.2, 0.25) is 0 Å². The Bertz CT molecular complexity index is 506. The largest absolute Gasteiger partial charge is 0.343 e. The number of hydrogen-bond donors (Lipinski definition) is 1. The molecule has 2 rings (SSSR count). The predicted octanol–water partition coefficient (Wildman–Crippen LogP) is 1.49. The smallest absolute Gasteiger partial charge is 0.244 e. The number of nitrogens with zero attached hydrogens (tertiary/aromatic N) is 2. The number of benzene rings is 1. The number of hydrogen-bond acceptors (Lipinski definition) is 3. The molecule has 0 radical (unpaired) electrons. The normalized spacial score (nSPS) is 19.1. The van der Waals surface area contributed by atoms with Gasteiger partial charge < -0.3 is 10.2 Å². The van der Waals surface area contributed by atoms with E-state index in [9.17, 15) is 4.79 Å². The SMILES string of the molecule is CC(C#N)CN(C)C(=O)C1NCCc2ccccc21. The fourth-order valence-corrected chi connectivity index (χ4v) is 2.49. The number of fused-ring (bicyclic) bond motifs is 1. The maximum absolute atomic E-state index is 12.5. The first-order chi connectivity index (χ1) is 9.13. The molecule has 1 aromatic carbocycles. The van der Waals surface area contributed by atoms with Gasteiger partial charge in [0, 0.05) is 20.1 Å². The first-order valence-corrected chi connectivity index (χ1v) is 6.59. The van der Waals surface area contributed by atoms with Gasteiger partial charge in [0.25, 0.3) is 0 Å². The van der Waals surface area contributed by atoms with Crippen LogP contribution in [0.3, 0.4) is 0 Å². The van der Waals surface area contributed by atoms with Gasteiger partial charge in [-0.05, 0) is 24.5 Å². The Kier molecular flexibility index (Phi) is 4.18. The standard InChI is InChI=1S/C15H19N3O/c1-11(9-16)10-18(2)15(19)14-13-6-4-3-5-12(13)7-8-17-14/h3-6,11,14,17H,7-8,10H2,1-2H3. The molecule has 1 aromatic rings. The van der Waals surface area contributed by atoms with Gasteiger partial charge in [-0.25, -0.2) is 0 Å². The quantitative estimate of drug-likeness (QED) is 0.892. The fraction of sp³-hybridized carbons (Fsp3) is 0.467. The van der Waals surface area contributed by atoms with Crippen LogP contribution in [-0.4, -0.2) is 30.9 Å². The second-order valence-electron chi connectivity index (χ2n) is 5.08. The molecule has 4 heteroatoms. The van der Waals surface area contributed by atoms with Crippen LogP contribution in [0.5, 0.6) is 0 Å². The van der Waals surface area contributed by atoms with Crippen molar-refractivity contribution < 1.29 is 4.79 Å². The molecule has 0 bridgehead atoms. The van der Waals surface area contributed by atoms with E-state index >= 15 is 0 Å². The molecule has 1 aliphatic rings. The lowest BCUT2D eigenvalue weighted by Crippen LogP contribution is -2.43. The molecule has 100 valence electrons. The van der Waals surface area contributed by atoms with E-state index < -0.39 is 0 Å². The Morgan fingerprint density at radius 1 is 1.58 bits per heavy atom. The number of carbonyl (C=O) groups excluding carboxylic acids is 1. The Hall–Kier alpha value is -1.86. The third kappa shape index (κ3) is 2.94. The van der Waals surface area contributed by atoms with E-state index in [0.717, 1.165) is 18.5 Å². The molecule has 1 heterocycles. The van der Waals surface area contributed by atoms with E-state index in [1.54, 1.807) is 11.9 Å². The van der Waals surface area contributed by atoms with Crippen molar-refractivity contribution >= 4 is 5.91 Å². The molecule has 19 heavy (non-hydrogen) atoms. The highest BCUT2D eigenvalue weighted by atomic mass is 16.2. The second-order valence-corrected chi connectivity index (χ2v) is 5.08. The predicted molar refractivity (Wildman–Crippen MR) is 73.3 cm³/mol. The lowest BCUT2D eigenvalue weighted by atomic mass is 9.93. The van der Waals surface area contributed by atoms with Gasteiger partial charge in [-0.3, -0.25) is 4.79 Å². The fourth-order valence-electron chi connectivity index (χ4n) is 2.49. The van der Waals surface area contributed by atoms with Gasteiger partial charge in [-0.1, -0.05) is 24.3 Å². The molecule has 0 spiro atoms. The van der Waals surface area contributed by atoms with Crippen LogP contribution in [0, 0.1) is 17.2 Å². The first kappa shape index (κ1) is 13.6. The monoisotopic (exact) mass is 257 g/mol. The summed E-state index contributed by atoms with van der Waals surface area (Å²) in [4.78, 5) is 14.1. The summed E-state index contributed by atoms with van der Waals surface area (Å²) < 4.78 is 0. The summed E-state index contributed by atoms with van der Waals surface area (Å²) in [6.45, 7) is 3.11. The third-order valence-electron chi connectivity index (χ3n) is 3.50. The van der Waals surface area contributed by atoms with Crippen molar-refractivity contribution in [2.45, 2.75) is 19.4 Å². The number of rotatable bonds is 3. The molecule has 2 unspecified atom stereocenters. The van der Waals surface area contributed by atoms with Crippen LogP contribution in [0.15, 0.2) is 24.3 Å². The minimum absolute atomic E-state index is 0.0363. The molecule has 0 fully saturated rings. The highest BCUT2D eigenvalue weighted by Gasteiger charge is 2.28. The molecule has 4 nitrogen and oxygen atoms in total. The average Bonchev–Trinajstić information content (AvgIpc) is 2.45. The van der Waals surface area contributed by atoms with E-state index in [-0.39, 0.29) is 17.9 Å². The van der Waals surface area contributed by atoms with Crippen molar-refractivity contribution in [2.75, 3.05) is 20.1 Å². The summed E-state index contributed by atoms with van der Waals surface area (Å²) in [6, 6.07) is 9.93. The van der Waals surface area contributed by atoms with Gasteiger partial charge in [0.2, 0.25) is 5.91 Å². The van der Waals surface area contributed by atoms with Crippen LogP contribution in [0.4, 0.5) is 0 Å². The molecule has 0 aliphatic carbocycles. The molecule has 2 atom stereocenters. The number of carbonyl (C=O) groups is 1. The van der Waals surface area contributed by atoms with Gasteiger partial charge in [0.05, 0.1) is 12.0 Å². The van der Waals surface area contributed by atoms with E-state index in [0.29, 0.717) is 6.54 Å². The average molecular weight is 257 g/mol. The van der Waals surface area contributed by atoms with Crippen LogP contribution in [-0.2, 0) is 11.2 Å². The lowest BCUT2D eigenvalue weighted by molar-refractivity contribution is -0.132. The summed E-state index contributed by atoms with van der Waals surface area (Å²) >= 11 is 0. The van der Waals surface area contributed by atoms with E-state index in [4.69, 9.17) is 5.26 Å². The van der Waals surface area contributed by atoms with Gasteiger partial charge in [-0.15, -0.1) is 0 Å². The molecular weight excluding hydrogens is 238 g/mol. The van der Waals surface area contributed by atoms with Crippen LogP contribution in [0.25, 0.3) is 0 Å². The zero-order valence-electron chi connectivity index (χ0n) is 11.4. The molecule has 0 aromatic heterocycles. The Balaban J connectivity index is 2.15. The zero-order chi connectivity index (χ0) is 13.8. The van der Waals surface area contributed by atoms with Gasteiger partial charge in [0.15, 0.2) is 0 Å². The Morgan fingerprint density at radius 3 is 3.05 bits per heavy atom. The summed E-state index contributed by atoms with van der Waals surface area (Å²) in [6.07, 6.45) is 0.957. The number of nitrogens with one attached hydrogen (secondary N) is 1. The molecule has 1 amide bonds. The highest BCUT2D eigenvalue weighted by molar-refractivity contribution is 5.83. The van der Waals surface area contributed by atoms with Crippen molar-refractivity contribution in [3.8, 4) is 6.07 Å². The van der Waals surface area contributed by atoms with Gasteiger partial charge in [-0.2, -0.15) is 5.26 Å². The minimum Gasteiger partial charge on any atom is -0.343 e. The number of amides is 1. The summed E-state index contributed by atoms with van der Waals surface area (Å²) in [5.41, 5.74) is 2.30. The topological polar surface area (TPSA) is 56.1 Å². The first-order valence-electron chi connectivity index (χ1n) is 6.59. The van der Waals surface area contributed by atoms with Crippen LogP contribution >= 0.6 is 0 Å². The molecular formula is C15H19N3O. The molecule has 0 saturated carbocycles. The van der Waals surface area contributed by atoms with Crippen LogP contribution < -0.4 is 5.32 Å². The van der Waals surface area contributed by atoms with E-state index in [2.05, 4.69) is 17.5 Å². The van der Waals surface area contributed by atoms with Crippen LogP contribution in [0.1, 0.15) is 24.1 Å². The van der Waals surface area contributed by atoms with Crippen molar-refractivity contribution in [1.82, 2.24) is 10.2 Å². The maximum Gasteiger partial charge on any atom is 0.244 e. The highest BCUT2D eigenvalue weighted by Crippen LogP contribution is 2.24. The summed E-state index contributed by atoms with van der Waals surface area (Å²) in [5.74, 6) is -0.109. The van der Waals surface area contributed by atoms with E-state index in [1.807, 2.05) is 25.1 Å². The molecule has 1 N–H and O–H groups in total. The summed E-state index contributed by atoms with van der Waals surface area (Å²) in [5, 5.41) is 12.1. The lowest BCUT2D eigenvalue weighted by Gasteiger charge is -2.30. The maximum atomic E-state index is 12.5. The van der Waals surface area contributed by atoms with Crippen molar-refractivity contribution in [2.24, 2.45) is 5.92 Å². The third-order valence-corrected chi connectivity index (χ3v) is 3.50. The Morgan fingerprint density at radius 2 is 2.32 bits per heavy atom. The molecule has 1 aliphatic heterocycles. The number of likely N-dealkylation sites (N-methyl/N-ethyl adjacent to an activating group) is 1. The summed E-state index contributed by atoms with van der Waals surface area (Å²) in [7, 11) is 1.76. The van der Waals surface area contributed by atoms with Crippen molar-refractivity contribution in [3.63, 3.8) is 0 Å².